The summed E-state index contributed by atoms with van der Waals surface area (Å²) >= 11 is 6.19. The monoisotopic (exact) mass is 452 g/mol. The van der Waals surface area contributed by atoms with Gasteiger partial charge in [-0.2, -0.15) is 5.10 Å². The van der Waals surface area contributed by atoms with Gasteiger partial charge < -0.3 is 15.2 Å². The number of hydrogen-bond acceptors (Lipinski definition) is 5. The predicted molar refractivity (Wildman–Crippen MR) is 103 cm³/mol. The third-order valence-electron chi connectivity index (χ3n) is 6.02. The normalized spacial score (nSPS) is 27.2. The number of carbonyl (C=O) groups excluding carboxylic acids is 1. The van der Waals surface area contributed by atoms with E-state index in [1.54, 1.807) is 18.3 Å². The first kappa shape index (κ1) is 20.1. The van der Waals surface area contributed by atoms with Gasteiger partial charge in [-0.25, -0.2) is 4.98 Å². The summed E-state index contributed by atoms with van der Waals surface area (Å²) in [5.41, 5.74) is 0.359. The molecule has 2 aliphatic carbocycles. The van der Waals surface area contributed by atoms with Crippen molar-refractivity contribution in [2.75, 3.05) is 0 Å². The summed E-state index contributed by atoms with van der Waals surface area (Å²) in [5, 5.41) is 22.3. The number of ether oxygens (including phenoxy) is 1. The van der Waals surface area contributed by atoms with Gasteiger partial charge in [-0.1, -0.05) is 11.6 Å². The Balaban J connectivity index is 1.27. The molecule has 0 aliphatic heterocycles. The maximum Gasteiger partial charge on any atom is 0.574 e. The molecule has 1 aromatic carbocycles. The minimum Gasteiger partial charge on any atom is -0.388 e. The summed E-state index contributed by atoms with van der Waals surface area (Å²) in [6, 6.07) is 5.57. The summed E-state index contributed by atoms with van der Waals surface area (Å²) in [4.78, 5) is 16.0. The SMILES string of the molecule is O=C(N[C@@H]1[C@@H]2C[C@@](O)(c3cc(Cl)cc4[nH]ncc34)C[C@@H]21)c1ccnc(OC(F)(F)F)c1. The van der Waals surface area contributed by atoms with Crippen LogP contribution in [-0.2, 0) is 5.60 Å². The lowest BCUT2D eigenvalue weighted by molar-refractivity contribution is -0.276. The van der Waals surface area contributed by atoms with E-state index < -0.39 is 23.8 Å². The number of pyridine rings is 1. The average Bonchev–Trinajstić information content (AvgIpc) is 3.04. The van der Waals surface area contributed by atoms with Gasteiger partial charge in [0.1, 0.15) is 0 Å². The predicted octanol–water partition coefficient (Wildman–Crippen LogP) is 3.54. The second-order valence-electron chi connectivity index (χ2n) is 7.98. The summed E-state index contributed by atoms with van der Waals surface area (Å²) in [5.74, 6) is -1.10. The van der Waals surface area contributed by atoms with Crippen molar-refractivity contribution in [3.63, 3.8) is 0 Å². The molecule has 2 aliphatic rings. The third kappa shape index (κ3) is 3.70. The van der Waals surface area contributed by atoms with E-state index in [0.717, 1.165) is 23.2 Å². The van der Waals surface area contributed by atoms with E-state index in [0.29, 0.717) is 23.4 Å². The molecule has 4 atom stereocenters. The van der Waals surface area contributed by atoms with Crippen LogP contribution in [0.2, 0.25) is 5.02 Å². The van der Waals surface area contributed by atoms with Crippen LogP contribution in [0.5, 0.6) is 5.88 Å². The van der Waals surface area contributed by atoms with E-state index in [1.807, 2.05) is 0 Å². The van der Waals surface area contributed by atoms with Gasteiger partial charge in [0.15, 0.2) is 0 Å². The topological polar surface area (TPSA) is 100 Å². The van der Waals surface area contributed by atoms with Crippen molar-refractivity contribution in [2.45, 2.75) is 30.8 Å². The Morgan fingerprint density at radius 3 is 2.74 bits per heavy atom. The fraction of sp³-hybridized carbons (Fsp3) is 0.350. The number of aromatic amines is 1. The molecule has 0 spiro atoms. The Kier molecular flexibility index (Phi) is 4.42. The van der Waals surface area contributed by atoms with Gasteiger partial charge in [0.25, 0.3) is 5.91 Å². The molecule has 3 N–H and O–H groups in total. The quantitative estimate of drug-likeness (QED) is 0.562. The van der Waals surface area contributed by atoms with Crippen LogP contribution in [0.3, 0.4) is 0 Å². The Hall–Kier alpha value is -2.85. The molecular formula is C20H16ClF3N4O3. The van der Waals surface area contributed by atoms with Gasteiger partial charge in [-0.3, -0.25) is 9.89 Å². The van der Waals surface area contributed by atoms with E-state index >= 15 is 0 Å². The number of H-pyrrole nitrogens is 1. The second kappa shape index (κ2) is 6.83. The van der Waals surface area contributed by atoms with Crippen molar-refractivity contribution in [1.29, 1.82) is 0 Å². The maximum absolute atomic E-state index is 12.5. The number of rotatable bonds is 4. The molecule has 0 unspecified atom stereocenters. The van der Waals surface area contributed by atoms with Crippen LogP contribution in [-0.4, -0.2) is 38.6 Å². The van der Waals surface area contributed by atoms with Crippen LogP contribution < -0.4 is 10.1 Å². The van der Waals surface area contributed by atoms with Gasteiger partial charge in [0.2, 0.25) is 5.88 Å². The standard InChI is InChI=1S/C20H16ClF3N4O3/c21-10-4-14(13-8-26-28-15(13)5-10)19(30)6-11-12(7-19)17(11)27-18(29)9-1-2-25-16(3-9)31-20(22,23)24/h1-5,8,11-12,17,30H,6-7H2,(H,26,28)(H,27,29)/t11-,12+,17-,19+. The minimum atomic E-state index is -4.89. The summed E-state index contributed by atoms with van der Waals surface area (Å²) in [6.45, 7) is 0. The Morgan fingerprint density at radius 2 is 2.03 bits per heavy atom. The third-order valence-corrected chi connectivity index (χ3v) is 6.24. The number of alkyl halides is 3. The van der Waals surface area contributed by atoms with Crippen molar-refractivity contribution in [1.82, 2.24) is 20.5 Å². The molecule has 0 bridgehead atoms. The Bertz CT molecular complexity index is 1170. The lowest BCUT2D eigenvalue weighted by Gasteiger charge is -2.27. The highest BCUT2D eigenvalue weighted by molar-refractivity contribution is 6.31. The lowest BCUT2D eigenvalue weighted by atomic mass is 9.86. The molecule has 11 heteroatoms. The number of amides is 1. The molecule has 2 aromatic heterocycles. The van der Waals surface area contributed by atoms with Crippen LogP contribution >= 0.6 is 11.6 Å². The molecule has 1 amide bonds. The minimum absolute atomic E-state index is 0.0180. The molecule has 7 nitrogen and oxygen atoms in total. The molecule has 2 heterocycles. The fourth-order valence-electron chi connectivity index (χ4n) is 4.66. The van der Waals surface area contributed by atoms with Crippen molar-refractivity contribution in [3.05, 3.63) is 52.8 Å². The zero-order chi connectivity index (χ0) is 22.0. The van der Waals surface area contributed by atoms with Crippen molar-refractivity contribution >= 4 is 28.4 Å². The molecule has 0 radical (unpaired) electrons. The van der Waals surface area contributed by atoms with E-state index in [1.165, 1.54) is 6.07 Å². The van der Waals surface area contributed by atoms with Crippen LogP contribution in [0.15, 0.2) is 36.7 Å². The highest BCUT2D eigenvalue weighted by atomic mass is 35.5. The maximum atomic E-state index is 12.5. The molecule has 5 rings (SSSR count). The number of aliphatic hydroxyl groups is 1. The number of nitrogens with zero attached hydrogens (tertiary/aromatic N) is 2. The number of halogens is 4. The number of hydrogen-bond donors (Lipinski definition) is 3. The highest BCUT2D eigenvalue weighted by Crippen LogP contribution is 2.60. The molecule has 0 saturated heterocycles. The number of fused-ring (bicyclic) bond motifs is 2. The van der Waals surface area contributed by atoms with E-state index in [9.17, 15) is 23.1 Å². The van der Waals surface area contributed by atoms with E-state index in [-0.39, 0.29) is 23.4 Å². The zero-order valence-electron chi connectivity index (χ0n) is 15.8. The van der Waals surface area contributed by atoms with Gasteiger partial charge in [0, 0.05) is 34.3 Å². The van der Waals surface area contributed by atoms with Gasteiger partial charge in [-0.05, 0) is 48.4 Å². The van der Waals surface area contributed by atoms with E-state index in [4.69, 9.17) is 11.6 Å². The van der Waals surface area contributed by atoms with Gasteiger partial charge in [0.05, 0.1) is 17.3 Å². The molecule has 31 heavy (non-hydrogen) atoms. The Morgan fingerprint density at radius 1 is 1.29 bits per heavy atom. The first-order chi connectivity index (χ1) is 14.6. The fourth-order valence-corrected chi connectivity index (χ4v) is 4.88. The van der Waals surface area contributed by atoms with Gasteiger partial charge >= 0.3 is 6.36 Å². The number of carbonyl (C=O) groups is 1. The van der Waals surface area contributed by atoms with Crippen molar-refractivity contribution in [3.8, 4) is 5.88 Å². The van der Waals surface area contributed by atoms with Gasteiger partial charge in [-0.15, -0.1) is 13.2 Å². The first-order valence-electron chi connectivity index (χ1n) is 9.51. The summed E-state index contributed by atoms with van der Waals surface area (Å²) in [7, 11) is 0. The van der Waals surface area contributed by atoms with E-state index in [2.05, 4.69) is 25.2 Å². The largest absolute Gasteiger partial charge is 0.574 e. The van der Waals surface area contributed by atoms with Crippen LogP contribution in [0.25, 0.3) is 10.9 Å². The molecule has 162 valence electrons. The Labute approximate surface area is 178 Å². The first-order valence-corrected chi connectivity index (χ1v) is 9.89. The van der Waals surface area contributed by atoms with Crippen molar-refractivity contribution in [2.24, 2.45) is 11.8 Å². The highest BCUT2D eigenvalue weighted by Gasteiger charge is 2.62. The lowest BCUT2D eigenvalue weighted by Crippen LogP contribution is -2.33. The number of nitrogens with one attached hydrogen (secondary N) is 2. The number of benzene rings is 1. The van der Waals surface area contributed by atoms with Crippen molar-refractivity contribution < 1.29 is 27.8 Å². The molecular weight excluding hydrogens is 437 g/mol. The molecule has 3 aromatic rings. The van der Waals surface area contributed by atoms with Crippen LogP contribution in [0, 0.1) is 11.8 Å². The zero-order valence-corrected chi connectivity index (χ0v) is 16.5. The molecule has 2 saturated carbocycles. The molecule has 2 fully saturated rings. The average molecular weight is 453 g/mol. The summed E-state index contributed by atoms with van der Waals surface area (Å²) in [6.07, 6.45) is -1.30. The summed E-state index contributed by atoms with van der Waals surface area (Å²) < 4.78 is 40.9. The van der Waals surface area contributed by atoms with Crippen LogP contribution in [0.4, 0.5) is 13.2 Å². The second-order valence-corrected chi connectivity index (χ2v) is 8.42. The van der Waals surface area contributed by atoms with Crippen LogP contribution in [0.1, 0.15) is 28.8 Å². The number of aromatic nitrogens is 3. The smallest absolute Gasteiger partial charge is 0.388 e.